The van der Waals surface area contributed by atoms with Crippen molar-refractivity contribution < 1.29 is 13.3 Å². The Morgan fingerprint density at radius 3 is 2.04 bits per heavy atom. The highest BCUT2D eigenvalue weighted by molar-refractivity contribution is 9.11. The lowest BCUT2D eigenvalue weighted by atomic mass is 10.2. The summed E-state index contributed by atoms with van der Waals surface area (Å²) in [5.74, 6) is 0. The smallest absolute Gasteiger partial charge is 0.258 e. The number of thiophene rings is 2. The summed E-state index contributed by atoms with van der Waals surface area (Å²) in [6, 6.07) is 9.27. The number of para-hydroxylation sites is 1. The van der Waals surface area contributed by atoms with E-state index < -0.39 is 20.6 Å². The van der Waals surface area contributed by atoms with Crippen LogP contribution >= 0.6 is 54.5 Å². The van der Waals surface area contributed by atoms with Gasteiger partial charge in [0.25, 0.3) is 15.7 Å². The molecule has 0 bridgehead atoms. The van der Waals surface area contributed by atoms with Gasteiger partial charge in [-0.3, -0.25) is 10.1 Å². The van der Waals surface area contributed by atoms with Crippen molar-refractivity contribution in [1.82, 2.24) is 4.31 Å². The van der Waals surface area contributed by atoms with Crippen LogP contribution in [0.5, 0.6) is 0 Å². The van der Waals surface area contributed by atoms with E-state index >= 15 is 0 Å². The van der Waals surface area contributed by atoms with Gasteiger partial charge in [-0.1, -0.05) is 12.1 Å². The Labute approximate surface area is 179 Å². The Hall–Kier alpha value is -1.11. The predicted octanol–water partition coefficient (Wildman–Crippen LogP) is 5.61. The Bertz CT molecular complexity index is 1120. The van der Waals surface area contributed by atoms with Crippen molar-refractivity contribution in [1.29, 1.82) is 0 Å². The molecule has 3 aromatic rings. The molecular formula is C16H10Br2N2O4S3. The third-order valence-electron chi connectivity index (χ3n) is 4.14. The number of nitro benzene ring substituents is 1. The minimum Gasteiger partial charge on any atom is -0.258 e. The SMILES string of the molecule is O=[N+]([O-])c1ccccc1S(=O)(=O)N1Cc2cc(Br)sc2-c2sc(Br)cc2C1. The van der Waals surface area contributed by atoms with Gasteiger partial charge in [-0.25, -0.2) is 8.42 Å². The lowest BCUT2D eigenvalue weighted by molar-refractivity contribution is -0.387. The highest BCUT2D eigenvalue weighted by Gasteiger charge is 2.35. The van der Waals surface area contributed by atoms with Crippen molar-refractivity contribution in [3.05, 3.63) is 65.2 Å². The van der Waals surface area contributed by atoms with Gasteiger partial charge in [0.2, 0.25) is 0 Å². The Balaban J connectivity index is 1.87. The number of hydrogen-bond acceptors (Lipinski definition) is 6. The molecule has 1 aromatic carbocycles. The Morgan fingerprint density at radius 1 is 1.00 bits per heavy atom. The second-order valence-corrected chi connectivity index (χ2v) is 12.6. The van der Waals surface area contributed by atoms with E-state index in [4.69, 9.17) is 0 Å². The van der Waals surface area contributed by atoms with Crippen LogP contribution < -0.4 is 0 Å². The lowest BCUT2D eigenvalue weighted by Gasteiger charge is -2.20. The highest BCUT2D eigenvalue weighted by Crippen LogP contribution is 2.46. The molecule has 1 aliphatic rings. The van der Waals surface area contributed by atoms with Crippen molar-refractivity contribution in [2.24, 2.45) is 0 Å². The van der Waals surface area contributed by atoms with Gasteiger partial charge in [-0.05, 0) is 61.2 Å². The van der Waals surface area contributed by atoms with Crippen molar-refractivity contribution >= 4 is 70.2 Å². The molecule has 0 saturated carbocycles. The normalized spacial score (nSPS) is 14.4. The number of nitrogens with zero attached hydrogens (tertiary/aromatic N) is 2. The van der Waals surface area contributed by atoms with Gasteiger partial charge in [0, 0.05) is 19.2 Å². The van der Waals surface area contributed by atoms with Crippen LogP contribution in [-0.2, 0) is 23.1 Å². The quantitative estimate of drug-likeness (QED) is 0.314. The summed E-state index contributed by atoms with van der Waals surface area (Å²) in [5.41, 5.74) is 1.34. The molecule has 0 spiro atoms. The fourth-order valence-electron chi connectivity index (χ4n) is 2.98. The molecule has 0 saturated heterocycles. The number of halogens is 2. The molecular weight excluding hydrogens is 540 g/mol. The van der Waals surface area contributed by atoms with Gasteiger partial charge in [0.15, 0.2) is 4.90 Å². The number of benzene rings is 1. The molecule has 11 heteroatoms. The average molecular weight is 550 g/mol. The van der Waals surface area contributed by atoms with E-state index in [0.717, 1.165) is 28.5 Å². The van der Waals surface area contributed by atoms with E-state index in [1.807, 2.05) is 12.1 Å². The fourth-order valence-corrected chi connectivity index (χ4v) is 8.06. The molecule has 2 aromatic heterocycles. The van der Waals surface area contributed by atoms with Crippen molar-refractivity contribution in [2.45, 2.75) is 18.0 Å². The zero-order valence-electron chi connectivity index (χ0n) is 13.4. The summed E-state index contributed by atoms with van der Waals surface area (Å²) < 4.78 is 29.7. The van der Waals surface area contributed by atoms with Crippen LogP contribution in [0.25, 0.3) is 9.75 Å². The van der Waals surface area contributed by atoms with Gasteiger partial charge in [-0.15, -0.1) is 22.7 Å². The summed E-state index contributed by atoms with van der Waals surface area (Å²) in [7, 11) is -4.06. The second kappa shape index (κ2) is 7.05. The second-order valence-electron chi connectivity index (χ2n) is 5.81. The van der Waals surface area contributed by atoms with E-state index in [1.165, 1.54) is 28.6 Å². The average Bonchev–Trinajstić information content (AvgIpc) is 3.12. The van der Waals surface area contributed by atoms with Gasteiger partial charge in [0.1, 0.15) is 0 Å². The highest BCUT2D eigenvalue weighted by atomic mass is 79.9. The lowest BCUT2D eigenvalue weighted by Crippen LogP contribution is -2.30. The largest absolute Gasteiger partial charge is 0.289 e. The molecule has 6 nitrogen and oxygen atoms in total. The van der Waals surface area contributed by atoms with E-state index in [9.17, 15) is 18.5 Å². The number of fused-ring (bicyclic) bond motifs is 3. The first kappa shape index (κ1) is 19.2. The predicted molar refractivity (Wildman–Crippen MR) is 113 cm³/mol. The monoisotopic (exact) mass is 548 g/mol. The molecule has 1 aliphatic heterocycles. The van der Waals surface area contributed by atoms with Crippen LogP contribution in [0.2, 0.25) is 0 Å². The molecule has 0 unspecified atom stereocenters. The van der Waals surface area contributed by atoms with Crippen LogP contribution in [0.15, 0.2) is 48.9 Å². The Morgan fingerprint density at radius 2 is 1.52 bits per heavy atom. The van der Waals surface area contributed by atoms with Crippen LogP contribution in [0, 0.1) is 10.1 Å². The molecule has 0 amide bonds. The topological polar surface area (TPSA) is 80.5 Å². The number of nitro groups is 1. The van der Waals surface area contributed by atoms with Crippen molar-refractivity contribution in [3.8, 4) is 9.75 Å². The molecule has 0 atom stereocenters. The molecule has 0 radical (unpaired) electrons. The van der Waals surface area contributed by atoms with Crippen LogP contribution in [0.1, 0.15) is 11.1 Å². The van der Waals surface area contributed by atoms with E-state index in [1.54, 1.807) is 22.7 Å². The molecule has 3 heterocycles. The third-order valence-corrected chi connectivity index (χ3v) is 9.50. The molecule has 140 valence electrons. The molecule has 27 heavy (non-hydrogen) atoms. The Kier molecular flexibility index (Phi) is 5.02. The van der Waals surface area contributed by atoms with Gasteiger partial charge < -0.3 is 0 Å². The third kappa shape index (κ3) is 3.40. The maximum Gasteiger partial charge on any atom is 0.289 e. The van der Waals surface area contributed by atoms with Crippen molar-refractivity contribution in [3.63, 3.8) is 0 Å². The summed E-state index contributed by atoms with van der Waals surface area (Å²) in [5, 5.41) is 11.3. The minimum absolute atomic E-state index is 0.158. The summed E-state index contributed by atoms with van der Waals surface area (Å²) in [6.45, 7) is 0.315. The fraction of sp³-hybridized carbons (Fsp3) is 0.125. The summed E-state index contributed by atoms with van der Waals surface area (Å²) >= 11 is 10.1. The standard InChI is InChI=1S/C16H10Br2N2O4S3/c17-13-5-9-7-19(8-10-6-14(18)26-16(10)15(9)25-13)27(23,24)12-4-2-1-3-11(12)20(21)22/h1-6H,7-8H2. The van der Waals surface area contributed by atoms with E-state index in [0.29, 0.717) is 0 Å². The van der Waals surface area contributed by atoms with Crippen LogP contribution in [-0.4, -0.2) is 17.6 Å². The van der Waals surface area contributed by atoms with E-state index in [-0.39, 0.29) is 18.0 Å². The maximum atomic E-state index is 13.3. The molecule has 0 fully saturated rings. The van der Waals surface area contributed by atoms with Crippen LogP contribution in [0.4, 0.5) is 5.69 Å². The first-order valence-electron chi connectivity index (χ1n) is 7.57. The maximum absolute atomic E-state index is 13.3. The summed E-state index contributed by atoms with van der Waals surface area (Å²) in [6.07, 6.45) is 0. The van der Waals surface area contributed by atoms with Crippen molar-refractivity contribution in [2.75, 3.05) is 0 Å². The molecule has 0 aliphatic carbocycles. The zero-order valence-corrected chi connectivity index (χ0v) is 19.0. The summed E-state index contributed by atoms with van der Waals surface area (Å²) in [4.78, 5) is 12.4. The van der Waals surface area contributed by atoms with E-state index in [2.05, 4.69) is 31.9 Å². The number of rotatable bonds is 3. The zero-order chi connectivity index (χ0) is 19.3. The van der Waals surface area contributed by atoms with Gasteiger partial charge in [0.05, 0.1) is 22.3 Å². The van der Waals surface area contributed by atoms with Gasteiger partial charge in [-0.2, -0.15) is 4.31 Å². The minimum atomic E-state index is -4.06. The first-order chi connectivity index (χ1) is 12.8. The molecule has 4 rings (SSSR count). The van der Waals surface area contributed by atoms with Gasteiger partial charge >= 0.3 is 0 Å². The first-order valence-corrected chi connectivity index (χ1v) is 12.2. The number of sulfonamides is 1. The van der Waals surface area contributed by atoms with Crippen LogP contribution in [0.3, 0.4) is 0 Å². The molecule has 0 N–H and O–H groups in total. The number of hydrogen-bond donors (Lipinski definition) is 0.